The normalized spacial score (nSPS) is 13.3. The third-order valence-electron chi connectivity index (χ3n) is 4.90. The molecule has 7 nitrogen and oxygen atoms in total. The average Bonchev–Trinajstić information content (AvgIpc) is 3.12. The molecule has 0 aliphatic heterocycles. The van der Waals surface area contributed by atoms with Crippen LogP contribution in [0.4, 0.5) is 0 Å². The topological polar surface area (TPSA) is 83.3 Å². The van der Waals surface area contributed by atoms with Crippen LogP contribution < -0.4 is 10.3 Å². The fourth-order valence-corrected chi connectivity index (χ4v) is 4.66. The van der Waals surface area contributed by atoms with Crippen molar-refractivity contribution < 1.29 is 14.3 Å². The number of carbonyl (C=O) groups excluding carboxylic acids is 1. The van der Waals surface area contributed by atoms with Crippen molar-refractivity contribution in [3.8, 4) is 5.75 Å². The van der Waals surface area contributed by atoms with E-state index >= 15 is 0 Å². The average molecular weight is 399 g/mol. The maximum atomic E-state index is 12.8. The Kier molecular flexibility index (Phi) is 5.38. The van der Waals surface area contributed by atoms with Gasteiger partial charge in [-0.15, -0.1) is 16.4 Å². The van der Waals surface area contributed by atoms with Crippen molar-refractivity contribution in [1.82, 2.24) is 15.0 Å². The molecule has 28 heavy (non-hydrogen) atoms. The number of hydrogen-bond acceptors (Lipinski definition) is 7. The Morgan fingerprint density at radius 3 is 2.79 bits per heavy atom. The molecule has 1 aliphatic carbocycles. The molecule has 0 atom stereocenters. The number of aryl methyl sites for hydroxylation is 3. The van der Waals surface area contributed by atoms with Gasteiger partial charge >= 0.3 is 5.97 Å². The Bertz CT molecular complexity index is 1060. The summed E-state index contributed by atoms with van der Waals surface area (Å²) in [7, 11) is 1.35. The number of carbonyl (C=O) groups is 1. The quantitative estimate of drug-likeness (QED) is 0.468. The van der Waals surface area contributed by atoms with Gasteiger partial charge in [0.2, 0.25) is 0 Å². The molecule has 8 heteroatoms. The van der Waals surface area contributed by atoms with Crippen molar-refractivity contribution in [2.45, 2.75) is 38.6 Å². The minimum absolute atomic E-state index is 0.0492. The molecule has 1 aromatic carbocycles. The second-order valence-electron chi connectivity index (χ2n) is 6.73. The number of nitrogens with zero attached hydrogens (tertiary/aromatic N) is 3. The number of hydrogen-bond donors (Lipinski definition) is 0. The first-order valence-electron chi connectivity index (χ1n) is 9.36. The summed E-state index contributed by atoms with van der Waals surface area (Å²) in [6.45, 7) is 0.887. The fourth-order valence-electron chi connectivity index (χ4n) is 3.46. The SMILES string of the molecule is COC(=O)c1ccc(OCCCn2nnc3sc4c(c3c2=O)CCCC4)cc1. The molecular weight excluding hydrogens is 378 g/mol. The Hall–Kier alpha value is -2.74. The van der Waals surface area contributed by atoms with Crippen LogP contribution in [0.2, 0.25) is 0 Å². The van der Waals surface area contributed by atoms with Crippen LogP contribution in [-0.4, -0.2) is 34.7 Å². The first-order chi connectivity index (χ1) is 13.7. The van der Waals surface area contributed by atoms with Crippen LogP contribution in [0.3, 0.4) is 0 Å². The first kappa shape index (κ1) is 18.6. The fraction of sp³-hybridized carbons (Fsp3) is 0.400. The molecule has 0 unspecified atom stereocenters. The minimum atomic E-state index is -0.379. The number of methoxy groups -OCH3 is 1. The van der Waals surface area contributed by atoms with Crippen LogP contribution >= 0.6 is 11.3 Å². The van der Waals surface area contributed by atoms with Gasteiger partial charge in [-0.2, -0.15) is 0 Å². The van der Waals surface area contributed by atoms with Crippen molar-refractivity contribution in [1.29, 1.82) is 0 Å². The Balaban J connectivity index is 1.39. The van der Waals surface area contributed by atoms with E-state index in [4.69, 9.17) is 4.74 Å². The molecule has 2 heterocycles. The summed E-state index contributed by atoms with van der Waals surface area (Å²) in [6, 6.07) is 6.76. The summed E-state index contributed by atoms with van der Waals surface area (Å²) in [6.07, 6.45) is 4.94. The van der Waals surface area contributed by atoms with Gasteiger partial charge in [-0.3, -0.25) is 4.79 Å². The standard InChI is InChI=1S/C20H21N3O4S/c1-26-20(25)13-7-9-14(10-8-13)27-12-4-11-23-19(24)17-15-5-2-3-6-16(15)28-18(17)21-22-23/h7-10H,2-6,11-12H2,1H3. The summed E-state index contributed by atoms with van der Waals surface area (Å²) in [5.74, 6) is 0.281. The third-order valence-corrected chi connectivity index (χ3v) is 6.08. The van der Waals surface area contributed by atoms with E-state index in [1.165, 1.54) is 28.7 Å². The number of rotatable bonds is 6. The molecule has 1 aliphatic rings. The zero-order chi connectivity index (χ0) is 19.5. The summed E-state index contributed by atoms with van der Waals surface area (Å²) in [5, 5.41) is 9.12. The zero-order valence-corrected chi connectivity index (χ0v) is 16.5. The number of benzene rings is 1. The molecule has 0 amide bonds. The second kappa shape index (κ2) is 8.10. The van der Waals surface area contributed by atoms with Gasteiger partial charge < -0.3 is 9.47 Å². The number of thiophene rings is 1. The highest BCUT2D eigenvalue weighted by Gasteiger charge is 2.20. The van der Waals surface area contributed by atoms with E-state index in [9.17, 15) is 9.59 Å². The van der Waals surface area contributed by atoms with Gasteiger partial charge in [0.15, 0.2) is 4.83 Å². The van der Waals surface area contributed by atoms with Gasteiger partial charge in [0.05, 0.1) is 24.7 Å². The maximum absolute atomic E-state index is 12.8. The van der Waals surface area contributed by atoms with E-state index < -0.39 is 0 Å². The van der Waals surface area contributed by atoms with E-state index in [2.05, 4.69) is 15.0 Å². The van der Waals surface area contributed by atoms with Crippen molar-refractivity contribution in [2.75, 3.05) is 13.7 Å². The van der Waals surface area contributed by atoms with Crippen molar-refractivity contribution >= 4 is 27.5 Å². The number of aromatic nitrogens is 3. The van der Waals surface area contributed by atoms with E-state index in [0.29, 0.717) is 30.9 Å². The second-order valence-corrected chi connectivity index (χ2v) is 7.81. The van der Waals surface area contributed by atoms with Gasteiger partial charge in [0, 0.05) is 17.8 Å². The van der Waals surface area contributed by atoms with E-state index in [1.807, 2.05) is 0 Å². The Morgan fingerprint density at radius 1 is 1.21 bits per heavy atom. The predicted octanol–water partition coefficient (Wildman–Crippen LogP) is 2.99. The van der Waals surface area contributed by atoms with Crippen LogP contribution in [0, 0.1) is 0 Å². The van der Waals surface area contributed by atoms with E-state index in [1.54, 1.807) is 35.6 Å². The van der Waals surface area contributed by atoms with Crippen molar-refractivity contribution in [2.24, 2.45) is 0 Å². The van der Waals surface area contributed by atoms with Crippen molar-refractivity contribution in [3.05, 3.63) is 50.6 Å². The Labute approximate surface area is 165 Å². The summed E-state index contributed by atoms with van der Waals surface area (Å²) in [4.78, 5) is 26.3. The lowest BCUT2D eigenvalue weighted by atomic mass is 9.97. The molecule has 0 radical (unpaired) electrons. The summed E-state index contributed by atoms with van der Waals surface area (Å²) in [5.41, 5.74) is 1.61. The largest absolute Gasteiger partial charge is 0.494 e. The molecule has 146 valence electrons. The number of esters is 1. The van der Waals surface area contributed by atoms with Crippen LogP contribution in [-0.2, 0) is 24.1 Å². The predicted molar refractivity (Wildman–Crippen MR) is 106 cm³/mol. The monoisotopic (exact) mass is 399 g/mol. The van der Waals surface area contributed by atoms with Gasteiger partial charge in [-0.25, -0.2) is 9.48 Å². The van der Waals surface area contributed by atoms with E-state index in [0.717, 1.165) is 29.5 Å². The molecule has 3 aromatic rings. The molecule has 0 spiro atoms. The van der Waals surface area contributed by atoms with Gasteiger partial charge in [-0.05, 0) is 55.5 Å². The number of fused-ring (bicyclic) bond motifs is 3. The van der Waals surface area contributed by atoms with Crippen LogP contribution in [0.25, 0.3) is 10.2 Å². The molecule has 2 aromatic heterocycles. The zero-order valence-electron chi connectivity index (χ0n) is 15.6. The third kappa shape index (κ3) is 3.64. The molecule has 0 fully saturated rings. The van der Waals surface area contributed by atoms with Gasteiger partial charge in [-0.1, -0.05) is 5.21 Å². The summed E-state index contributed by atoms with van der Waals surface area (Å²) >= 11 is 1.61. The van der Waals surface area contributed by atoms with Crippen molar-refractivity contribution in [3.63, 3.8) is 0 Å². The van der Waals surface area contributed by atoms with Gasteiger partial charge in [0.1, 0.15) is 5.75 Å². The molecule has 0 N–H and O–H groups in total. The number of ether oxygens (including phenoxy) is 2. The minimum Gasteiger partial charge on any atom is -0.494 e. The first-order valence-corrected chi connectivity index (χ1v) is 10.2. The van der Waals surface area contributed by atoms with E-state index in [-0.39, 0.29) is 11.5 Å². The van der Waals surface area contributed by atoms with Gasteiger partial charge in [0.25, 0.3) is 5.56 Å². The lowest BCUT2D eigenvalue weighted by Crippen LogP contribution is -2.25. The lowest BCUT2D eigenvalue weighted by molar-refractivity contribution is 0.0600. The highest BCUT2D eigenvalue weighted by molar-refractivity contribution is 7.18. The Morgan fingerprint density at radius 2 is 2.00 bits per heavy atom. The molecule has 0 bridgehead atoms. The van der Waals surface area contributed by atoms with Crippen LogP contribution in [0.5, 0.6) is 5.75 Å². The molecule has 4 rings (SSSR count). The van der Waals surface area contributed by atoms with Crippen LogP contribution in [0.15, 0.2) is 29.1 Å². The highest BCUT2D eigenvalue weighted by atomic mass is 32.1. The maximum Gasteiger partial charge on any atom is 0.337 e. The summed E-state index contributed by atoms with van der Waals surface area (Å²) < 4.78 is 11.8. The molecule has 0 saturated carbocycles. The molecule has 0 saturated heterocycles. The van der Waals surface area contributed by atoms with Crippen LogP contribution in [0.1, 0.15) is 40.1 Å². The highest BCUT2D eigenvalue weighted by Crippen LogP contribution is 2.33. The lowest BCUT2D eigenvalue weighted by Gasteiger charge is -2.10. The smallest absolute Gasteiger partial charge is 0.337 e. The molecular formula is C20H21N3O4S.